The number of ether oxygens (including phenoxy) is 2. The molecule has 0 fully saturated rings. The van der Waals surface area contributed by atoms with E-state index in [0.717, 1.165) is 35.5 Å². The SMILES string of the molecule is Cc1c(N2CCc3cnc(Nc4ccc(CS(=O)(=O)N(C)C)cc4)cc3C2)cnc2c1N(C(=O)OC(C)(C)C)CCO2. The van der Waals surface area contributed by atoms with Gasteiger partial charge < -0.3 is 19.7 Å². The highest BCUT2D eigenvalue weighted by Gasteiger charge is 2.32. The fraction of sp³-hybridized carbons (Fsp3) is 0.433. The highest BCUT2D eigenvalue weighted by molar-refractivity contribution is 7.88. The lowest BCUT2D eigenvalue weighted by molar-refractivity contribution is 0.0566. The molecular formula is C30H38N6O5S. The van der Waals surface area contributed by atoms with Crippen molar-refractivity contribution in [3.8, 4) is 5.88 Å². The van der Waals surface area contributed by atoms with Crippen molar-refractivity contribution in [1.29, 1.82) is 0 Å². The molecule has 2 aromatic heterocycles. The number of fused-ring (bicyclic) bond motifs is 2. The lowest BCUT2D eigenvalue weighted by Crippen LogP contribution is -2.42. The number of rotatable bonds is 6. The van der Waals surface area contributed by atoms with Gasteiger partial charge >= 0.3 is 6.09 Å². The van der Waals surface area contributed by atoms with Crippen LogP contribution in [-0.4, -0.2) is 68.2 Å². The Kier molecular flexibility index (Phi) is 8.04. The van der Waals surface area contributed by atoms with Gasteiger partial charge in [-0.2, -0.15) is 0 Å². The number of nitrogens with zero attached hydrogens (tertiary/aromatic N) is 5. The second-order valence-corrected chi connectivity index (χ2v) is 14.0. The minimum atomic E-state index is -3.33. The lowest BCUT2D eigenvalue weighted by Gasteiger charge is -2.35. The average molecular weight is 595 g/mol. The van der Waals surface area contributed by atoms with Gasteiger partial charge in [-0.25, -0.2) is 27.5 Å². The summed E-state index contributed by atoms with van der Waals surface area (Å²) in [5.74, 6) is 1.09. The molecule has 0 saturated heterocycles. The summed E-state index contributed by atoms with van der Waals surface area (Å²) in [5, 5.41) is 3.33. The van der Waals surface area contributed by atoms with Crippen LogP contribution in [-0.2, 0) is 33.5 Å². The summed E-state index contributed by atoms with van der Waals surface area (Å²) in [7, 11) is -0.261. The van der Waals surface area contributed by atoms with Gasteiger partial charge in [0.05, 0.1) is 24.2 Å². The first kappa shape index (κ1) is 29.6. The molecule has 2 aliphatic heterocycles. The van der Waals surface area contributed by atoms with Gasteiger partial charge in [0.2, 0.25) is 15.9 Å². The van der Waals surface area contributed by atoms with Crippen LogP contribution in [0.25, 0.3) is 0 Å². The number of hydrogen-bond acceptors (Lipinski definition) is 9. The number of sulfonamides is 1. The van der Waals surface area contributed by atoms with Gasteiger partial charge in [0.1, 0.15) is 23.7 Å². The topological polar surface area (TPSA) is 117 Å². The molecule has 0 radical (unpaired) electrons. The number of aromatic nitrogens is 2. The Labute approximate surface area is 247 Å². The third-order valence-corrected chi connectivity index (χ3v) is 9.06. The Morgan fingerprint density at radius 2 is 1.83 bits per heavy atom. The zero-order valence-corrected chi connectivity index (χ0v) is 25.8. The third kappa shape index (κ3) is 6.44. The molecule has 0 bridgehead atoms. The molecule has 0 atom stereocenters. The second-order valence-electron chi connectivity index (χ2n) is 11.8. The van der Waals surface area contributed by atoms with Crippen molar-refractivity contribution in [2.24, 2.45) is 0 Å². The van der Waals surface area contributed by atoms with E-state index in [1.54, 1.807) is 17.0 Å². The minimum Gasteiger partial charge on any atom is -0.474 e. The summed E-state index contributed by atoms with van der Waals surface area (Å²) in [6, 6.07) is 9.37. The summed E-state index contributed by atoms with van der Waals surface area (Å²) in [6.45, 7) is 9.74. The van der Waals surface area contributed by atoms with Crippen molar-refractivity contribution in [2.45, 2.75) is 52.0 Å². The van der Waals surface area contributed by atoms with Crippen molar-refractivity contribution in [3.63, 3.8) is 0 Å². The highest BCUT2D eigenvalue weighted by Crippen LogP contribution is 2.40. The summed E-state index contributed by atoms with van der Waals surface area (Å²) >= 11 is 0. The van der Waals surface area contributed by atoms with Crippen molar-refractivity contribution < 1.29 is 22.7 Å². The summed E-state index contributed by atoms with van der Waals surface area (Å²) < 4.78 is 37.1. The van der Waals surface area contributed by atoms with Crippen molar-refractivity contribution in [1.82, 2.24) is 14.3 Å². The third-order valence-electron chi connectivity index (χ3n) is 7.25. The second kappa shape index (κ2) is 11.4. The number of hydrogen-bond donors (Lipinski definition) is 1. The van der Waals surface area contributed by atoms with Crippen LogP contribution in [0.2, 0.25) is 0 Å². The van der Waals surface area contributed by atoms with E-state index in [0.29, 0.717) is 42.6 Å². The molecule has 4 heterocycles. The van der Waals surface area contributed by atoms with Gasteiger partial charge in [0, 0.05) is 44.6 Å². The molecule has 224 valence electrons. The number of pyridine rings is 2. The fourth-order valence-corrected chi connectivity index (χ4v) is 5.90. The van der Waals surface area contributed by atoms with Crippen LogP contribution in [0.4, 0.5) is 27.7 Å². The molecule has 5 rings (SSSR count). The normalized spacial score (nSPS) is 15.1. The first-order chi connectivity index (χ1) is 19.8. The molecule has 3 aromatic rings. The summed E-state index contributed by atoms with van der Waals surface area (Å²) in [6.07, 6.45) is 4.13. The maximum absolute atomic E-state index is 13.0. The van der Waals surface area contributed by atoms with E-state index in [1.807, 2.05) is 58.3 Å². The Balaban J connectivity index is 1.33. The van der Waals surface area contributed by atoms with Gasteiger partial charge in [0.25, 0.3) is 0 Å². The Morgan fingerprint density at radius 1 is 1.10 bits per heavy atom. The first-order valence-corrected chi connectivity index (χ1v) is 15.5. The number of nitrogens with one attached hydrogen (secondary N) is 1. The van der Waals surface area contributed by atoms with Gasteiger partial charge in [-0.05, 0) is 69.0 Å². The molecule has 0 unspecified atom stereocenters. The summed E-state index contributed by atoms with van der Waals surface area (Å²) in [5.41, 5.74) is 5.75. The van der Waals surface area contributed by atoms with Crippen LogP contribution in [0.5, 0.6) is 5.88 Å². The minimum absolute atomic E-state index is 0.0498. The fourth-order valence-electron chi connectivity index (χ4n) is 5.03. The molecule has 42 heavy (non-hydrogen) atoms. The van der Waals surface area contributed by atoms with Crippen molar-refractivity contribution in [3.05, 3.63) is 65.0 Å². The zero-order valence-electron chi connectivity index (χ0n) is 25.0. The predicted octanol–water partition coefficient (Wildman–Crippen LogP) is 4.62. The van der Waals surface area contributed by atoms with Crippen LogP contribution >= 0.6 is 0 Å². The summed E-state index contributed by atoms with van der Waals surface area (Å²) in [4.78, 5) is 26.1. The van der Waals surface area contributed by atoms with E-state index < -0.39 is 21.7 Å². The molecular weight excluding hydrogens is 556 g/mol. The van der Waals surface area contributed by atoms with E-state index in [-0.39, 0.29) is 5.75 Å². The van der Waals surface area contributed by atoms with E-state index in [2.05, 4.69) is 20.2 Å². The van der Waals surface area contributed by atoms with Gasteiger partial charge in [-0.1, -0.05) is 12.1 Å². The van der Waals surface area contributed by atoms with E-state index in [9.17, 15) is 13.2 Å². The molecule has 1 amide bonds. The molecule has 1 aromatic carbocycles. The largest absolute Gasteiger partial charge is 0.474 e. The smallest absolute Gasteiger partial charge is 0.415 e. The van der Waals surface area contributed by atoms with Gasteiger partial charge in [-0.3, -0.25) is 4.90 Å². The Hall–Kier alpha value is -3.90. The zero-order chi connectivity index (χ0) is 30.2. The number of carbonyl (C=O) groups excluding carboxylic acids is 1. The average Bonchev–Trinajstić information content (AvgIpc) is 2.92. The number of benzene rings is 1. The molecule has 11 nitrogen and oxygen atoms in total. The molecule has 2 aliphatic rings. The number of carbonyl (C=O) groups is 1. The van der Waals surface area contributed by atoms with Crippen molar-refractivity contribution in [2.75, 3.05) is 48.9 Å². The van der Waals surface area contributed by atoms with Crippen LogP contribution in [0.1, 0.15) is 43.0 Å². The van der Waals surface area contributed by atoms with Gasteiger partial charge in [0.15, 0.2) is 0 Å². The first-order valence-electron chi connectivity index (χ1n) is 13.9. The van der Waals surface area contributed by atoms with Crippen LogP contribution in [0.3, 0.4) is 0 Å². The number of amides is 1. The molecule has 1 N–H and O–H groups in total. The number of anilines is 4. The quantitative estimate of drug-likeness (QED) is 0.436. The maximum atomic E-state index is 13.0. The van der Waals surface area contributed by atoms with E-state index in [1.165, 1.54) is 24.0 Å². The van der Waals surface area contributed by atoms with Crippen LogP contribution in [0.15, 0.2) is 42.7 Å². The predicted molar refractivity (Wildman–Crippen MR) is 163 cm³/mol. The van der Waals surface area contributed by atoms with E-state index in [4.69, 9.17) is 9.47 Å². The van der Waals surface area contributed by atoms with Crippen LogP contribution < -0.4 is 19.9 Å². The monoisotopic (exact) mass is 594 g/mol. The highest BCUT2D eigenvalue weighted by atomic mass is 32.2. The van der Waals surface area contributed by atoms with Crippen molar-refractivity contribution >= 4 is 39.0 Å². The molecule has 0 saturated carbocycles. The lowest BCUT2D eigenvalue weighted by atomic mass is 10.0. The molecule has 0 spiro atoms. The van der Waals surface area contributed by atoms with Crippen LogP contribution in [0, 0.1) is 6.92 Å². The Bertz CT molecular complexity index is 1580. The maximum Gasteiger partial charge on any atom is 0.415 e. The molecule has 0 aliphatic carbocycles. The van der Waals surface area contributed by atoms with E-state index >= 15 is 0 Å². The molecule has 12 heteroatoms. The Morgan fingerprint density at radius 3 is 2.52 bits per heavy atom. The standard InChI is InChI=1S/C30H38N6O5S/c1-20-25(17-32-28-27(20)36(13-14-40-28)29(37)41-30(2,3)4)35-12-11-22-16-31-26(15-23(22)18-35)33-24-9-7-21(8-10-24)19-42(38,39)34(5)6/h7-10,15-17H,11-14,18-19H2,1-6H3,(H,31,33). The van der Waals surface area contributed by atoms with Gasteiger partial charge in [-0.15, -0.1) is 0 Å².